The minimum Gasteiger partial charge on any atom is -0.385 e. The van der Waals surface area contributed by atoms with Crippen LogP contribution in [0.25, 0.3) is 0 Å². The summed E-state index contributed by atoms with van der Waals surface area (Å²) < 4.78 is 1.91. The summed E-state index contributed by atoms with van der Waals surface area (Å²) in [5, 5.41) is 3.34. The first-order valence-electron chi connectivity index (χ1n) is 6.57. The van der Waals surface area contributed by atoms with E-state index in [-0.39, 0.29) is 11.7 Å². The molecular formula is C15H17N3O. The maximum Gasteiger partial charge on any atom is 0.147 e. The highest BCUT2D eigenvalue weighted by Gasteiger charge is 2.26. The van der Waals surface area contributed by atoms with Gasteiger partial charge in [0, 0.05) is 37.6 Å². The number of para-hydroxylation sites is 1. The van der Waals surface area contributed by atoms with Gasteiger partial charge in [-0.1, -0.05) is 18.2 Å². The standard InChI is InChI=1S/C15H17N3O/c1-18-9-8-17-15(18)10-14(19)12-6-7-16-13-5-3-2-4-11(12)13/h2-5,8-9,12,16H,6-7,10H2,1H3. The Balaban J connectivity index is 1.84. The fourth-order valence-electron chi connectivity index (χ4n) is 2.65. The molecule has 0 aliphatic carbocycles. The Labute approximate surface area is 112 Å². The van der Waals surface area contributed by atoms with E-state index in [0.717, 1.165) is 30.0 Å². The first-order valence-corrected chi connectivity index (χ1v) is 6.57. The van der Waals surface area contributed by atoms with Crippen molar-refractivity contribution < 1.29 is 4.79 Å². The van der Waals surface area contributed by atoms with Crippen LogP contribution in [0.2, 0.25) is 0 Å². The van der Waals surface area contributed by atoms with Gasteiger partial charge in [0.15, 0.2) is 0 Å². The molecule has 1 aromatic carbocycles. The Morgan fingerprint density at radius 1 is 1.47 bits per heavy atom. The zero-order valence-corrected chi connectivity index (χ0v) is 11.0. The Hall–Kier alpha value is -2.10. The molecule has 4 heteroatoms. The number of ketones is 1. The molecule has 1 aliphatic rings. The summed E-state index contributed by atoms with van der Waals surface area (Å²) in [6.07, 6.45) is 4.88. The Kier molecular flexibility index (Phi) is 3.07. The van der Waals surface area contributed by atoms with Crippen molar-refractivity contribution in [3.8, 4) is 0 Å². The highest BCUT2D eigenvalue weighted by Crippen LogP contribution is 2.32. The molecule has 2 aromatic rings. The lowest BCUT2D eigenvalue weighted by atomic mass is 9.86. The van der Waals surface area contributed by atoms with Crippen LogP contribution in [0.4, 0.5) is 5.69 Å². The van der Waals surface area contributed by atoms with Crippen molar-refractivity contribution in [2.45, 2.75) is 18.8 Å². The molecule has 0 bridgehead atoms. The van der Waals surface area contributed by atoms with Crippen LogP contribution in [-0.2, 0) is 18.3 Å². The fraction of sp³-hybridized carbons (Fsp3) is 0.333. The molecule has 0 saturated carbocycles. The zero-order valence-electron chi connectivity index (χ0n) is 11.0. The quantitative estimate of drug-likeness (QED) is 0.914. The number of nitrogens with zero attached hydrogens (tertiary/aromatic N) is 2. The van der Waals surface area contributed by atoms with E-state index in [1.165, 1.54) is 0 Å². The third-order valence-corrected chi connectivity index (χ3v) is 3.73. The van der Waals surface area contributed by atoms with Crippen LogP contribution in [0.3, 0.4) is 0 Å². The molecule has 1 atom stereocenters. The van der Waals surface area contributed by atoms with Crippen LogP contribution in [0.5, 0.6) is 0 Å². The Morgan fingerprint density at radius 3 is 3.11 bits per heavy atom. The number of imidazole rings is 1. The number of aryl methyl sites for hydroxylation is 1. The molecule has 2 heterocycles. The minimum atomic E-state index is -0.00542. The summed E-state index contributed by atoms with van der Waals surface area (Å²) in [6.45, 7) is 0.855. The van der Waals surface area contributed by atoms with Crippen molar-refractivity contribution in [3.05, 3.63) is 48.0 Å². The molecular weight excluding hydrogens is 238 g/mol. The van der Waals surface area contributed by atoms with Gasteiger partial charge >= 0.3 is 0 Å². The second-order valence-corrected chi connectivity index (χ2v) is 4.95. The van der Waals surface area contributed by atoms with E-state index in [0.29, 0.717) is 6.42 Å². The zero-order chi connectivity index (χ0) is 13.2. The molecule has 1 N–H and O–H groups in total. The maximum absolute atomic E-state index is 12.5. The summed E-state index contributed by atoms with van der Waals surface area (Å²) in [5.74, 6) is 1.08. The van der Waals surface area contributed by atoms with Crippen molar-refractivity contribution in [3.63, 3.8) is 0 Å². The lowest BCUT2D eigenvalue weighted by molar-refractivity contribution is -0.120. The van der Waals surface area contributed by atoms with Gasteiger partial charge in [-0.2, -0.15) is 0 Å². The topological polar surface area (TPSA) is 46.9 Å². The molecule has 0 saturated heterocycles. The maximum atomic E-state index is 12.5. The van der Waals surface area contributed by atoms with Gasteiger partial charge in [0.1, 0.15) is 11.6 Å². The van der Waals surface area contributed by atoms with Gasteiger partial charge in [0.25, 0.3) is 0 Å². The average molecular weight is 255 g/mol. The summed E-state index contributed by atoms with van der Waals surface area (Å²) >= 11 is 0. The van der Waals surface area contributed by atoms with Crippen LogP contribution < -0.4 is 5.32 Å². The third kappa shape index (κ3) is 2.26. The van der Waals surface area contributed by atoms with Crippen LogP contribution in [-0.4, -0.2) is 21.9 Å². The number of fused-ring (bicyclic) bond motifs is 1. The van der Waals surface area contributed by atoms with E-state index in [4.69, 9.17) is 0 Å². The summed E-state index contributed by atoms with van der Waals surface area (Å²) in [4.78, 5) is 16.7. The molecule has 3 rings (SSSR count). The minimum absolute atomic E-state index is 0.00542. The van der Waals surface area contributed by atoms with Gasteiger partial charge in [-0.15, -0.1) is 0 Å². The SMILES string of the molecule is Cn1ccnc1CC(=O)C1CCNc2ccccc21. The highest BCUT2D eigenvalue weighted by atomic mass is 16.1. The van der Waals surface area contributed by atoms with Gasteiger partial charge in [0.05, 0.1) is 6.42 Å². The Morgan fingerprint density at radius 2 is 2.32 bits per heavy atom. The normalized spacial score (nSPS) is 17.6. The molecule has 0 spiro atoms. The molecule has 98 valence electrons. The van der Waals surface area contributed by atoms with Crippen LogP contribution in [0.15, 0.2) is 36.7 Å². The van der Waals surface area contributed by atoms with Crippen LogP contribution >= 0.6 is 0 Å². The van der Waals surface area contributed by atoms with Crippen LogP contribution in [0.1, 0.15) is 23.7 Å². The first-order chi connectivity index (χ1) is 9.25. The second kappa shape index (κ2) is 4.88. The van der Waals surface area contributed by atoms with Crippen molar-refractivity contribution in [2.75, 3.05) is 11.9 Å². The largest absolute Gasteiger partial charge is 0.385 e. The number of nitrogens with one attached hydrogen (secondary N) is 1. The van der Waals surface area contributed by atoms with Gasteiger partial charge < -0.3 is 9.88 Å². The number of anilines is 1. The summed E-state index contributed by atoms with van der Waals surface area (Å²) in [7, 11) is 1.92. The van der Waals surface area contributed by atoms with Gasteiger partial charge in [0.2, 0.25) is 0 Å². The molecule has 0 fully saturated rings. The number of rotatable bonds is 3. The van der Waals surface area contributed by atoms with Gasteiger partial charge in [-0.25, -0.2) is 4.98 Å². The van der Waals surface area contributed by atoms with E-state index in [2.05, 4.69) is 10.3 Å². The van der Waals surface area contributed by atoms with Crippen molar-refractivity contribution >= 4 is 11.5 Å². The predicted octanol–water partition coefficient (Wildman–Crippen LogP) is 2.13. The number of benzene rings is 1. The number of hydrogen-bond donors (Lipinski definition) is 1. The highest BCUT2D eigenvalue weighted by molar-refractivity contribution is 5.89. The number of hydrogen-bond acceptors (Lipinski definition) is 3. The molecule has 19 heavy (non-hydrogen) atoms. The number of aromatic nitrogens is 2. The fourth-order valence-corrected chi connectivity index (χ4v) is 2.65. The van der Waals surface area contributed by atoms with E-state index < -0.39 is 0 Å². The molecule has 1 aromatic heterocycles. The van der Waals surface area contributed by atoms with E-state index in [1.807, 2.05) is 42.1 Å². The van der Waals surface area contributed by atoms with E-state index >= 15 is 0 Å². The lowest BCUT2D eigenvalue weighted by Crippen LogP contribution is -2.24. The van der Waals surface area contributed by atoms with E-state index in [9.17, 15) is 4.79 Å². The van der Waals surface area contributed by atoms with Crippen molar-refractivity contribution in [1.29, 1.82) is 0 Å². The molecule has 0 radical (unpaired) electrons. The molecule has 0 amide bonds. The van der Waals surface area contributed by atoms with E-state index in [1.54, 1.807) is 6.20 Å². The predicted molar refractivity (Wildman–Crippen MR) is 74.2 cm³/mol. The molecule has 1 aliphatic heterocycles. The summed E-state index contributed by atoms with van der Waals surface area (Å²) in [6, 6.07) is 8.07. The van der Waals surface area contributed by atoms with Gasteiger partial charge in [-0.3, -0.25) is 4.79 Å². The van der Waals surface area contributed by atoms with Gasteiger partial charge in [-0.05, 0) is 18.1 Å². The number of carbonyl (C=O) groups excluding carboxylic acids is 1. The summed E-state index contributed by atoms with van der Waals surface area (Å²) in [5.41, 5.74) is 2.21. The first kappa shape index (κ1) is 12.0. The van der Waals surface area contributed by atoms with Crippen molar-refractivity contribution in [1.82, 2.24) is 9.55 Å². The molecule has 1 unspecified atom stereocenters. The van der Waals surface area contributed by atoms with Crippen LogP contribution in [0, 0.1) is 0 Å². The number of Topliss-reactive ketones (excluding diaryl/α,β-unsaturated/α-hetero) is 1. The monoisotopic (exact) mass is 255 g/mol. The van der Waals surface area contributed by atoms with Crippen molar-refractivity contribution in [2.24, 2.45) is 7.05 Å². The average Bonchev–Trinajstić information content (AvgIpc) is 2.83. The number of carbonyl (C=O) groups is 1. The third-order valence-electron chi connectivity index (χ3n) is 3.73. The second-order valence-electron chi connectivity index (χ2n) is 4.95. The lowest BCUT2D eigenvalue weighted by Gasteiger charge is -2.25. The molecule has 4 nitrogen and oxygen atoms in total. The smallest absolute Gasteiger partial charge is 0.147 e. The Bertz CT molecular complexity index is 603.